The van der Waals surface area contributed by atoms with E-state index in [1.165, 1.54) is 11.7 Å². The molecule has 5 heteroatoms. The Morgan fingerprint density at radius 2 is 2.46 bits per heavy atom. The minimum atomic E-state index is -0.497. The Balaban J connectivity index is 2.41. The van der Waals surface area contributed by atoms with Crippen LogP contribution >= 0.6 is 0 Å². The van der Waals surface area contributed by atoms with Gasteiger partial charge in [0, 0.05) is 24.6 Å². The van der Waals surface area contributed by atoms with Crippen molar-refractivity contribution >= 4 is 18.0 Å². The lowest BCUT2D eigenvalue weighted by atomic mass is 10.1. The second-order valence-corrected chi connectivity index (χ2v) is 2.62. The Morgan fingerprint density at radius 1 is 1.69 bits per heavy atom. The third-order valence-corrected chi connectivity index (χ3v) is 1.70. The highest BCUT2D eigenvalue weighted by molar-refractivity contribution is 6.01. The van der Waals surface area contributed by atoms with E-state index in [4.69, 9.17) is 5.21 Å². The number of hydrogen-bond acceptors (Lipinski definition) is 3. The molecular formula is C8H10N2O3. The number of nitrogens with zero attached hydrogens (tertiary/aromatic N) is 1. The highest BCUT2D eigenvalue weighted by atomic mass is 16.5. The molecule has 0 aliphatic carbocycles. The van der Waals surface area contributed by atoms with Gasteiger partial charge in [-0.15, -0.1) is 0 Å². The molecule has 0 radical (unpaired) electrons. The largest absolute Gasteiger partial charge is 0.289 e. The molecule has 13 heavy (non-hydrogen) atoms. The molecule has 0 fully saturated rings. The Bertz CT molecular complexity index is 281. The molecule has 2 amide bonds. The van der Waals surface area contributed by atoms with E-state index in [0.717, 1.165) is 0 Å². The molecular weight excluding hydrogens is 172 g/mol. The van der Waals surface area contributed by atoms with Gasteiger partial charge in [-0.05, 0) is 6.42 Å². The zero-order valence-corrected chi connectivity index (χ0v) is 6.99. The molecule has 0 saturated carbocycles. The van der Waals surface area contributed by atoms with Crippen LogP contribution in [-0.4, -0.2) is 23.2 Å². The van der Waals surface area contributed by atoms with Gasteiger partial charge in [-0.25, -0.2) is 10.5 Å². The second-order valence-electron chi connectivity index (χ2n) is 2.62. The van der Waals surface area contributed by atoms with Crippen LogP contribution in [0.15, 0.2) is 16.6 Å². The Labute approximate surface area is 75.1 Å². The van der Waals surface area contributed by atoms with Crippen molar-refractivity contribution in [3.63, 3.8) is 0 Å². The predicted octanol–water partition coefficient (Wildman–Crippen LogP) is 0.200. The van der Waals surface area contributed by atoms with Crippen LogP contribution in [0.2, 0.25) is 0 Å². The summed E-state index contributed by atoms with van der Waals surface area (Å²) in [6, 6.07) is 0. The summed E-state index contributed by atoms with van der Waals surface area (Å²) in [5.74, 6) is -0.791. The van der Waals surface area contributed by atoms with Gasteiger partial charge in [0.1, 0.15) is 0 Å². The van der Waals surface area contributed by atoms with Gasteiger partial charge in [0.2, 0.25) is 5.91 Å². The maximum absolute atomic E-state index is 11.0. The van der Waals surface area contributed by atoms with E-state index in [0.29, 0.717) is 18.4 Å². The maximum Gasteiger partial charge on any atom is 0.272 e. The summed E-state index contributed by atoms with van der Waals surface area (Å²) >= 11 is 0. The number of carbonyl (C=O) groups excluding carboxylic acids is 2. The van der Waals surface area contributed by atoms with Gasteiger partial charge in [-0.3, -0.25) is 14.8 Å². The highest BCUT2D eigenvalue weighted by Crippen LogP contribution is 2.11. The molecule has 1 rings (SSSR count). The average molecular weight is 182 g/mol. The van der Waals surface area contributed by atoms with Crippen LogP contribution in [0, 0.1) is 0 Å². The third-order valence-electron chi connectivity index (χ3n) is 1.70. The van der Waals surface area contributed by atoms with Gasteiger partial charge in [0.15, 0.2) is 0 Å². The number of nitrogens with one attached hydrogen (secondary N) is 1. The molecule has 0 unspecified atom stereocenters. The van der Waals surface area contributed by atoms with E-state index in [2.05, 4.69) is 4.99 Å². The first kappa shape index (κ1) is 9.60. The summed E-state index contributed by atoms with van der Waals surface area (Å²) in [7, 11) is 0. The molecule has 0 bridgehead atoms. The van der Waals surface area contributed by atoms with Gasteiger partial charge in [0.05, 0.1) is 0 Å². The summed E-state index contributed by atoms with van der Waals surface area (Å²) in [6.45, 7) is 0. The molecule has 5 nitrogen and oxygen atoms in total. The molecule has 0 aromatic heterocycles. The van der Waals surface area contributed by atoms with Crippen molar-refractivity contribution in [3.05, 3.63) is 11.6 Å². The summed E-state index contributed by atoms with van der Waals surface area (Å²) in [6.07, 6.45) is 4.31. The smallest absolute Gasteiger partial charge is 0.272 e. The number of hydrogen-bond donors (Lipinski definition) is 2. The van der Waals surface area contributed by atoms with Crippen LogP contribution < -0.4 is 5.48 Å². The number of allylic oxidation sites excluding steroid dienone is 1. The SMILES string of the molecule is O=C(CCC1=CCC=NC1=O)NO. The number of dihydropyridines is 1. The van der Waals surface area contributed by atoms with Gasteiger partial charge in [0.25, 0.3) is 5.91 Å². The fourth-order valence-electron chi connectivity index (χ4n) is 1.01. The topological polar surface area (TPSA) is 78.8 Å². The van der Waals surface area contributed by atoms with Crippen molar-refractivity contribution in [2.24, 2.45) is 4.99 Å². The summed E-state index contributed by atoms with van der Waals surface area (Å²) in [4.78, 5) is 25.2. The molecule has 1 heterocycles. The summed E-state index contributed by atoms with van der Waals surface area (Å²) in [5, 5.41) is 8.20. The minimum absolute atomic E-state index is 0.101. The van der Waals surface area contributed by atoms with Crippen LogP contribution in [0.1, 0.15) is 19.3 Å². The van der Waals surface area contributed by atoms with Gasteiger partial charge in [-0.2, -0.15) is 0 Å². The fourth-order valence-corrected chi connectivity index (χ4v) is 1.01. The van der Waals surface area contributed by atoms with Crippen molar-refractivity contribution in [1.82, 2.24) is 5.48 Å². The van der Waals surface area contributed by atoms with Crippen LogP contribution in [0.25, 0.3) is 0 Å². The number of hydroxylamine groups is 1. The first-order chi connectivity index (χ1) is 6.24. The van der Waals surface area contributed by atoms with Crippen molar-refractivity contribution in [2.45, 2.75) is 19.3 Å². The monoisotopic (exact) mass is 182 g/mol. The van der Waals surface area contributed by atoms with Crippen molar-refractivity contribution in [1.29, 1.82) is 0 Å². The highest BCUT2D eigenvalue weighted by Gasteiger charge is 2.11. The van der Waals surface area contributed by atoms with Gasteiger partial charge in [-0.1, -0.05) is 6.08 Å². The van der Waals surface area contributed by atoms with E-state index >= 15 is 0 Å². The molecule has 1 aliphatic rings. The number of carbonyl (C=O) groups is 2. The molecule has 0 aromatic carbocycles. The second kappa shape index (κ2) is 4.51. The quantitative estimate of drug-likeness (QED) is 0.483. The van der Waals surface area contributed by atoms with E-state index in [-0.39, 0.29) is 12.3 Å². The van der Waals surface area contributed by atoms with Crippen molar-refractivity contribution in [2.75, 3.05) is 0 Å². The zero-order valence-electron chi connectivity index (χ0n) is 6.99. The predicted molar refractivity (Wildman–Crippen MR) is 45.4 cm³/mol. The summed E-state index contributed by atoms with van der Waals surface area (Å²) in [5.41, 5.74) is 2.04. The molecule has 0 atom stereocenters. The lowest BCUT2D eigenvalue weighted by Crippen LogP contribution is -2.19. The minimum Gasteiger partial charge on any atom is -0.289 e. The number of aliphatic imine (C=N–C) groups is 1. The lowest BCUT2D eigenvalue weighted by Gasteiger charge is -2.04. The van der Waals surface area contributed by atoms with Crippen molar-refractivity contribution in [3.8, 4) is 0 Å². The number of amides is 2. The van der Waals surface area contributed by atoms with Crippen LogP contribution in [0.5, 0.6) is 0 Å². The normalized spacial score (nSPS) is 15.5. The lowest BCUT2D eigenvalue weighted by molar-refractivity contribution is -0.129. The molecule has 2 N–H and O–H groups in total. The zero-order chi connectivity index (χ0) is 9.68. The fraction of sp³-hybridized carbons (Fsp3) is 0.375. The molecule has 0 saturated heterocycles. The molecule has 0 spiro atoms. The van der Waals surface area contributed by atoms with Gasteiger partial charge < -0.3 is 0 Å². The maximum atomic E-state index is 11.0. The molecule has 1 aliphatic heterocycles. The Kier molecular flexibility index (Phi) is 3.33. The van der Waals surface area contributed by atoms with E-state index in [1.54, 1.807) is 6.08 Å². The standard InChI is InChI=1S/C8H10N2O3/c11-7(10-13)4-3-6-2-1-5-9-8(6)12/h2,5,13H,1,3-4H2,(H,10,11). The third kappa shape index (κ3) is 2.79. The van der Waals surface area contributed by atoms with Gasteiger partial charge >= 0.3 is 0 Å². The molecule has 70 valence electrons. The summed E-state index contributed by atoms with van der Waals surface area (Å²) < 4.78 is 0. The first-order valence-corrected chi connectivity index (χ1v) is 3.93. The number of rotatable bonds is 3. The van der Waals surface area contributed by atoms with E-state index in [9.17, 15) is 9.59 Å². The van der Waals surface area contributed by atoms with E-state index in [1.807, 2.05) is 0 Å². The average Bonchev–Trinajstić information content (AvgIpc) is 2.16. The molecule has 0 aromatic rings. The van der Waals surface area contributed by atoms with Crippen LogP contribution in [0.3, 0.4) is 0 Å². The van der Waals surface area contributed by atoms with Crippen LogP contribution in [0.4, 0.5) is 0 Å². The van der Waals surface area contributed by atoms with Crippen molar-refractivity contribution < 1.29 is 14.8 Å². The first-order valence-electron chi connectivity index (χ1n) is 3.93. The van der Waals surface area contributed by atoms with Crippen LogP contribution in [-0.2, 0) is 9.59 Å². The Hall–Kier alpha value is -1.49. The Morgan fingerprint density at radius 3 is 3.08 bits per heavy atom. The van der Waals surface area contributed by atoms with E-state index < -0.39 is 5.91 Å².